The van der Waals surface area contributed by atoms with E-state index < -0.39 is 0 Å². The molecule has 0 aromatic heterocycles. The Labute approximate surface area is 106 Å². The van der Waals surface area contributed by atoms with E-state index in [4.69, 9.17) is 5.73 Å². The number of hydrogen-bond acceptors (Lipinski definition) is 2. The van der Waals surface area contributed by atoms with Crippen LogP contribution in [0.5, 0.6) is 0 Å². The van der Waals surface area contributed by atoms with Gasteiger partial charge in [-0.15, -0.1) is 0 Å². The largest absolute Gasteiger partial charge is 0.399 e. The Kier molecular flexibility index (Phi) is 3.74. The second kappa shape index (κ2) is 5.09. The van der Waals surface area contributed by atoms with Crippen LogP contribution < -0.4 is 10.6 Å². The molecule has 0 atom stereocenters. The van der Waals surface area contributed by atoms with E-state index in [1.165, 1.54) is 37.8 Å². The monoisotopic (exact) mass is 282 g/mol. The average Bonchev–Trinajstić information content (AvgIpc) is 2.29. The molecule has 3 heteroatoms. The summed E-state index contributed by atoms with van der Waals surface area (Å²) >= 11 is 3.59. The molecule has 0 amide bonds. The van der Waals surface area contributed by atoms with Crippen LogP contribution >= 0.6 is 15.9 Å². The van der Waals surface area contributed by atoms with Crippen molar-refractivity contribution in [3.63, 3.8) is 0 Å². The molecule has 2 N–H and O–H groups in total. The SMILES string of the molecule is CN(c1ccc(N)cc1Br)C1CCCCC1. The summed E-state index contributed by atoms with van der Waals surface area (Å²) in [4.78, 5) is 2.39. The van der Waals surface area contributed by atoms with Gasteiger partial charge >= 0.3 is 0 Å². The molecular formula is C13H19BrN2. The normalized spacial score (nSPS) is 17.4. The van der Waals surface area contributed by atoms with Gasteiger partial charge in [0.05, 0.1) is 5.69 Å². The average molecular weight is 283 g/mol. The van der Waals surface area contributed by atoms with E-state index in [2.05, 4.69) is 33.9 Å². The van der Waals surface area contributed by atoms with Crippen LogP contribution in [0.2, 0.25) is 0 Å². The molecule has 0 spiro atoms. The van der Waals surface area contributed by atoms with Crippen LogP contribution in [0.3, 0.4) is 0 Å². The summed E-state index contributed by atoms with van der Waals surface area (Å²) in [5, 5.41) is 0. The molecule has 1 aliphatic rings. The van der Waals surface area contributed by atoms with Gasteiger partial charge in [-0.25, -0.2) is 0 Å². The fraction of sp³-hybridized carbons (Fsp3) is 0.538. The van der Waals surface area contributed by atoms with Gasteiger partial charge in [-0.3, -0.25) is 0 Å². The molecule has 16 heavy (non-hydrogen) atoms. The molecule has 0 radical (unpaired) electrons. The Bertz CT molecular complexity index is 359. The Morgan fingerprint density at radius 2 is 1.94 bits per heavy atom. The predicted molar refractivity (Wildman–Crippen MR) is 73.8 cm³/mol. The second-order valence-corrected chi connectivity index (χ2v) is 5.47. The summed E-state index contributed by atoms with van der Waals surface area (Å²) in [6.07, 6.45) is 6.75. The minimum absolute atomic E-state index is 0.689. The van der Waals surface area contributed by atoms with Crippen LogP contribution in [0.4, 0.5) is 11.4 Å². The van der Waals surface area contributed by atoms with E-state index in [0.717, 1.165) is 10.2 Å². The molecule has 88 valence electrons. The van der Waals surface area contributed by atoms with Crippen LogP contribution in [0.25, 0.3) is 0 Å². The van der Waals surface area contributed by atoms with Gasteiger partial charge in [-0.2, -0.15) is 0 Å². The maximum atomic E-state index is 5.76. The highest BCUT2D eigenvalue weighted by Crippen LogP contribution is 2.32. The number of rotatable bonds is 2. The van der Waals surface area contributed by atoms with Gasteiger partial charge in [-0.05, 0) is 47.0 Å². The van der Waals surface area contributed by atoms with Crippen LogP contribution in [0, 0.1) is 0 Å². The highest BCUT2D eigenvalue weighted by Gasteiger charge is 2.19. The van der Waals surface area contributed by atoms with E-state index in [-0.39, 0.29) is 0 Å². The van der Waals surface area contributed by atoms with Crippen molar-refractivity contribution in [1.29, 1.82) is 0 Å². The molecule has 0 unspecified atom stereocenters. The van der Waals surface area contributed by atoms with Gasteiger partial charge in [0.1, 0.15) is 0 Å². The summed E-state index contributed by atoms with van der Waals surface area (Å²) in [5.74, 6) is 0. The Morgan fingerprint density at radius 1 is 1.25 bits per heavy atom. The lowest BCUT2D eigenvalue weighted by atomic mass is 9.94. The first-order chi connectivity index (χ1) is 7.68. The van der Waals surface area contributed by atoms with E-state index in [9.17, 15) is 0 Å². The number of hydrogen-bond donors (Lipinski definition) is 1. The molecule has 0 heterocycles. The van der Waals surface area contributed by atoms with Crippen LogP contribution in [-0.2, 0) is 0 Å². The maximum Gasteiger partial charge on any atom is 0.0512 e. The number of halogens is 1. The number of anilines is 2. The zero-order valence-corrected chi connectivity index (χ0v) is 11.3. The summed E-state index contributed by atoms with van der Waals surface area (Å²) in [7, 11) is 2.19. The molecule has 1 aliphatic carbocycles. The zero-order chi connectivity index (χ0) is 11.5. The standard InChI is InChI=1S/C13H19BrN2/c1-16(11-5-3-2-4-6-11)13-8-7-10(15)9-12(13)14/h7-9,11H,2-6,15H2,1H3. The van der Waals surface area contributed by atoms with Crippen LogP contribution in [-0.4, -0.2) is 13.1 Å². The van der Waals surface area contributed by atoms with E-state index >= 15 is 0 Å². The van der Waals surface area contributed by atoms with Gasteiger partial charge in [0, 0.05) is 23.2 Å². The summed E-state index contributed by atoms with van der Waals surface area (Å²) in [5.41, 5.74) is 7.82. The fourth-order valence-corrected chi connectivity index (χ4v) is 3.15. The third-order valence-corrected chi connectivity index (χ3v) is 4.11. The van der Waals surface area contributed by atoms with Gasteiger partial charge < -0.3 is 10.6 Å². The summed E-state index contributed by atoms with van der Waals surface area (Å²) in [6.45, 7) is 0. The van der Waals surface area contributed by atoms with Gasteiger partial charge in [0.15, 0.2) is 0 Å². The third kappa shape index (κ3) is 2.51. The van der Waals surface area contributed by atoms with Crippen molar-refractivity contribution in [3.8, 4) is 0 Å². The Morgan fingerprint density at radius 3 is 2.56 bits per heavy atom. The van der Waals surface area contributed by atoms with Gasteiger partial charge in [-0.1, -0.05) is 19.3 Å². The van der Waals surface area contributed by atoms with Crippen LogP contribution in [0.1, 0.15) is 32.1 Å². The van der Waals surface area contributed by atoms with Crippen LogP contribution in [0.15, 0.2) is 22.7 Å². The first-order valence-corrected chi connectivity index (χ1v) is 6.75. The van der Waals surface area contributed by atoms with Gasteiger partial charge in [0.25, 0.3) is 0 Å². The highest BCUT2D eigenvalue weighted by molar-refractivity contribution is 9.10. The molecule has 1 fully saturated rings. The number of nitrogens with zero attached hydrogens (tertiary/aromatic N) is 1. The minimum Gasteiger partial charge on any atom is -0.399 e. The van der Waals surface area contributed by atoms with E-state index in [0.29, 0.717) is 6.04 Å². The third-order valence-electron chi connectivity index (χ3n) is 3.47. The molecule has 2 rings (SSSR count). The van der Waals surface area contributed by atoms with Gasteiger partial charge in [0.2, 0.25) is 0 Å². The van der Waals surface area contributed by atoms with Crippen molar-refractivity contribution in [2.24, 2.45) is 0 Å². The summed E-state index contributed by atoms with van der Waals surface area (Å²) in [6, 6.07) is 6.75. The molecule has 1 saturated carbocycles. The van der Waals surface area contributed by atoms with Crippen molar-refractivity contribution in [3.05, 3.63) is 22.7 Å². The highest BCUT2D eigenvalue weighted by atomic mass is 79.9. The molecule has 1 aromatic rings. The maximum absolute atomic E-state index is 5.76. The lowest BCUT2D eigenvalue weighted by molar-refractivity contribution is 0.427. The molecule has 0 bridgehead atoms. The van der Waals surface area contributed by atoms with Crippen molar-refractivity contribution in [2.45, 2.75) is 38.1 Å². The summed E-state index contributed by atoms with van der Waals surface area (Å²) < 4.78 is 1.10. The first kappa shape index (κ1) is 11.8. The van der Waals surface area contributed by atoms with Crippen molar-refractivity contribution < 1.29 is 0 Å². The number of nitrogens with two attached hydrogens (primary N) is 1. The molecule has 0 saturated heterocycles. The molecule has 0 aliphatic heterocycles. The van der Waals surface area contributed by atoms with E-state index in [1.807, 2.05) is 12.1 Å². The minimum atomic E-state index is 0.689. The van der Waals surface area contributed by atoms with Crippen molar-refractivity contribution >= 4 is 27.3 Å². The topological polar surface area (TPSA) is 29.3 Å². The first-order valence-electron chi connectivity index (χ1n) is 5.96. The Balaban J connectivity index is 2.15. The van der Waals surface area contributed by atoms with E-state index in [1.54, 1.807) is 0 Å². The fourth-order valence-electron chi connectivity index (χ4n) is 2.47. The lowest BCUT2D eigenvalue weighted by Crippen LogP contribution is -2.33. The Hall–Kier alpha value is -0.700. The van der Waals surface area contributed by atoms with Crippen molar-refractivity contribution in [1.82, 2.24) is 0 Å². The quantitative estimate of drug-likeness (QED) is 0.836. The lowest BCUT2D eigenvalue weighted by Gasteiger charge is -2.33. The molecule has 1 aromatic carbocycles. The molecule has 2 nitrogen and oxygen atoms in total. The smallest absolute Gasteiger partial charge is 0.0512 e. The number of nitrogen functional groups attached to an aromatic ring is 1. The second-order valence-electron chi connectivity index (χ2n) is 4.61. The van der Waals surface area contributed by atoms with Crippen molar-refractivity contribution in [2.75, 3.05) is 17.7 Å². The zero-order valence-electron chi connectivity index (χ0n) is 9.75. The predicted octanol–water partition coefficient (Wildman–Crippen LogP) is 3.80. The molecular weight excluding hydrogens is 264 g/mol. The number of benzene rings is 1.